The molecule has 8 rings (SSSR count). The molecule has 5 heterocycles. The zero-order valence-electron chi connectivity index (χ0n) is 25.5. The third-order valence-electron chi connectivity index (χ3n) is 6.57. The molecule has 0 aliphatic rings. The van der Waals surface area contributed by atoms with E-state index in [-0.39, 0.29) is 20.1 Å². The molecule has 0 atom stereocenters. The number of aromatic nitrogens is 4. The van der Waals surface area contributed by atoms with Crippen LogP contribution in [0.15, 0.2) is 163 Å². The predicted molar refractivity (Wildman–Crippen MR) is 180 cm³/mol. The van der Waals surface area contributed by atoms with E-state index in [1.165, 1.54) is 5.69 Å². The summed E-state index contributed by atoms with van der Waals surface area (Å²) in [5.74, 6) is 0. The monoisotopic (exact) mass is 777 g/mol. The van der Waals surface area contributed by atoms with Crippen molar-refractivity contribution < 1.29 is 29.1 Å². The zero-order chi connectivity index (χ0) is 31.1. The molecule has 0 aliphatic heterocycles. The first kappa shape index (κ1) is 33.6. The topological polar surface area (TPSA) is 55.7 Å². The van der Waals surface area contributed by atoms with Crippen LogP contribution in [-0.4, -0.2) is 15.0 Å². The summed E-state index contributed by atoms with van der Waals surface area (Å²) in [7, 11) is 2.04. The average Bonchev–Trinajstić information content (AvgIpc) is 3.49. The molecular formula is C40H32IrN4O+. The van der Waals surface area contributed by atoms with Gasteiger partial charge in [0, 0.05) is 35.7 Å². The van der Waals surface area contributed by atoms with Crippen LogP contribution in [0.3, 0.4) is 0 Å². The van der Waals surface area contributed by atoms with Crippen molar-refractivity contribution in [1.82, 2.24) is 15.0 Å². The van der Waals surface area contributed by atoms with Gasteiger partial charge >= 0.3 is 20.1 Å². The first-order valence-corrected chi connectivity index (χ1v) is 14.5. The van der Waals surface area contributed by atoms with Gasteiger partial charge in [0.05, 0.1) is 5.58 Å². The van der Waals surface area contributed by atoms with Crippen LogP contribution in [0.25, 0.3) is 44.6 Å². The summed E-state index contributed by atoms with van der Waals surface area (Å²) in [4.78, 5) is 12.6. The van der Waals surface area contributed by atoms with E-state index in [0.29, 0.717) is 5.71 Å². The minimum Gasteiger partial charge on any atom is -0.486 e. The molecule has 6 heteroatoms. The molecule has 0 N–H and O–H groups in total. The minimum atomic E-state index is 0. The fourth-order valence-electron chi connectivity index (χ4n) is 4.43. The molecule has 0 fully saturated rings. The predicted octanol–water partition coefficient (Wildman–Crippen LogP) is 8.70. The molecule has 0 aliphatic carbocycles. The van der Waals surface area contributed by atoms with Gasteiger partial charge in [0.25, 0.3) is 0 Å². The Labute approximate surface area is 283 Å². The van der Waals surface area contributed by atoms with Crippen molar-refractivity contribution in [3.63, 3.8) is 0 Å². The van der Waals surface area contributed by atoms with E-state index >= 15 is 0 Å². The van der Waals surface area contributed by atoms with Crippen molar-refractivity contribution in [3.05, 3.63) is 182 Å². The Hall–Kier alpha value is -5.29. The van der Waals surface area contributed by atoms with Crippen LogP contribution in [0.5, 0.6) is 0 Å². The van der Waals surface area contributed by atoms with Crippen LogP contribution >= 0.6 is 0 Å². The van der Waals surface area contributed by atoms with E-state index in [2.05, 4.69) is 49.9 Å². The molecule has 5 aromatic heterocycles. The Morgan fingerprint density at radius 3 is 2.00 bits per heavy atom. The largest absolute Gasteiger partial charge is 3.00 e. The van der Waals surface area contributed by atoms with Gasteiger partial charge in [0.15, 0.2) is 6.20 Å². The summed E-state index contributed by atoms with van der Waals surface area (Å²) in [6.45, 7) is 1.96. The second-order valence-electron chi connectivity index (χ2n) is 9.79. The van der Waals surface area contributed by atoms with Gasteiger partial charge in [-0.15, -0.1) is 48.5 Å². The summed E-state index contributed by atoms with van der Waals surface area (Å²) in [6.07, 6.45) is 7.31. The number of pyridine rings is 4. The number of nitrogens with zero attached hydrogens (tertiary/aromatic N) is 4. The maximum absolute atomic E-state index is 5.94. The first-order chi connectivity index (χ1) is 22.2. The Balaban J connectivity index is 0.000000158. The molecule has 46 heavy (non-hydrogen) atoms. The Kier molecular flexibility index (Phi) is 13.0. The van der Waals surface area contributed by atoms with Crippen molar-refractivity contribution in [2.24, 2.45) is 7.05 Å². The maximum atomic E-state index is 5.94. The molecule has 0 saturated heterocycles. The van der Waals surface area contributed by atoms with Crippen molar-refractivity contribution >= 4 is 22.1 Å². The van der Waals surface area contributed by atoms with E-state index in [4.69, 9.17) is 4.42 Å². The number of benzene rings is 3. The minimum absolute atomic E-state index is 0. The molecule has 5 nitrogen and oxygen atoms in total. The van der Waals surface area contributed by atoms with E-state index in [0.717, 1.165) is 38.9 Å². The summed E-state index contributed by atoms with van der Waals surface area (Å²) < 4.78 is 8.03. The van der Waals surface area contributed by atoms with E-state index < -0.39 is 0 Å². The van der Waals surface area contributed by atoms with Crippen molar-refractivity contribution in [2.75, 3.05) is 0 Å². The van der Waals surface area contributed by atoms with Gasteiger partial charge in [-0.2, -0.15) is 36.4 Å². The molecule has 226 valence electrons. The molecule has 0 bridgehead atoms. The van der Waals surface area contributed by atoms with Gasteiger partial charge in [-0.1, -0.05) is 40.8 Å². The van der Waals surface area contributed by atoms with Gasteiger partial charge in [0.1, 0.15) is 12.7 Å². The van der Waals surface area contributed by atoms with Crippen LogP contribution in [0.2, 0.25) is 0 Å². The Morgan fingerprint density at radius 1 is 0.652 bits per heavy atom. The summed E-state index contributed by atoms with van der Waals surface area (Å²) in [5, 5.41) is 2.07. The van der Waals surface area contributed by atoms with Crippen LogP contribution in [0, 0.1) is 25.1 Å². The van der Waals surface area contributed by atoms with Gasteiger partial charge in [0.2, 0.25) is 5.71 Å². The second kappa shape index (κ2) is 17.9. The van der Waals surface area contributed by atoms with Gasteiger partial charge in [-0.25, -0.2) is 9.55 Å². The quantitative estimate of drug-likeness (QED) is 0.130. The third kappa shape index (κ3) is 9.35. The Morgan fingerprint density at radius 2 is 1.39 bits per heavy atom. The van der Waals surface area contributed by atoms with Crippen molar-refractivity contribution in [2.45, 2.75) is 6.92 Å². The zero-order valence-corrected chi connectivity index (χ0v) is 27.9. The number of fused-ring (bicyclic) bond motifs is 3. The number of furan rings is 1. The van der Waals surface area contributed by atoms with Crippen molar-refractivity contribution in [3.8, 4) is 22.5 Å². The maximum Gasteiger partial charge on any atom is 3.00 e. The normalized spacial score (nSPS) is 9.78. The molecule has 8 aromatic rings. The second-order valence-corrected chi connectivity index (χ2v) is 9.79. The molecule has 0 saturated carbocycles. The van der Waals surface area contributed by atoms with Crippen molar-refractivity contribution in [1.29, 1.82) is 0 Å². The van der Waals surface area contributed by atoms with E-state index in [1.54, 1.807) is 18.6 Å². The standard InChI is InChI=1S/C17H11N2O.C12H11N.C6H5.C5H5N.Ir/c1-11-8-9-13-12-5-4-6-14(15-7-2-3-10-18-15)16(12)20-17(13)19-11;1-13-10-6-5-9-12(13)11-7-3-2-4-8-11;2*1-2-4-6-5-3-1;/h2-5,7-10H,1H3;2-7,9-10H,1H3;2*1-5H;/q-1;;-1;;+3. The van der Waals surface area contributed by atoms with Crippen LogP contribution in [0.4, 0.5) is 0 Å². The van der Waals surface area contributed by atoms with E-state index in [9.17, 15) is 0 Å². The van der Waals surface area contributed by atoms with Crippen LogP contribution in [-0.2, 0) is 27.2 Å². The SMILES string of the molecule is C[n+]1ccccc1-c1[c-]cccc1.Cc1ccc2c(n1)oc1c(-c3ccccn3)[c-]ccc12.[Ir+3].[c-]1ccccc1.c1ccncc1. The van der Waals surface area contributed by atoms with Crippen LogP contribution < -0.4 is 4.57 Å². The number of hydrogen-bond donors (Lipinski definition) is 0. The molecule has 0 radical (unpaired) electrons. The summed E-state index contributed by atoms with van der Waals surface area (Å²) in [6, 6.07) is 52.5. The number of rotatable bonds is 2. The van der Waals surface area contributed by atoms with Gasteiger partial charge in [-0.05, 0) is 49.0 Å². The molecule has 0 unspecified atom stereocenters. The summed E-state index contributed by atoms with van der Waals surface area (Å²) in [5.41, 5.74) is 6.44. The first-order valence-electron chi connectivity index (χ1n) is 14.5. The Bertz CT molecular complexity index is 1930. The molecule has 0 spiro atoms. The third-order valence-corrected chi connectivity index (χ3v) is 6.57. The summed E-state index contributed by atoms with van der Waals surface area (Å²) >= 11 is 0. The van der Waals surface area contributed by atoms with Gasteiger partial charge < -0.3 is 9.40 Å². The molecular weight excluding hydrogens is 745 g/mol. The number of hydrogen-bond acceptors (Lipinski definition) is 4. The molecule has 3 aromatic carbocycles. The fourth-order valence-corrected chi connectivity index (χ4v) is 4.43. The number of aryl methyl sites for hydroxylation is 2. The average molecular weight is 777 g/mol. The van der Waals surface area contributed by atoms with Gasteiger partial charge in [-0.3, -0.25) is 4.98 Å². The van der Waals surface area contributed by atoms with Crippen LogP contribution in [0.1, 0.15) is 5.69 Å². The fraction of sp³-hybridized carbons (Fsp3) is 0.0500. The van der Waals surface area contributed by atoms with E-state index in [1.807, 2.05) is 141 Å². The molecule has 0 amide bonds. The smallest absolute Gasteiger partial charge is 0.486 e.